The molecule has 112 valence electrons. The van der Waals surface area contributed by atoms with Gasteiger partial charge in [-0.05, 0) is 51.2 Å². The van der Waals surface area contributed by atoms with Crippen molar-refractivity contribution < 1.29 is 0 Å². The van der Waals surface area contributed by atoms with Crippen LogP contribution in [0, 0.1) is 0 Å². The van der Waals surface area contributed by atoms with Crippen molar-refractivity contribution in [3.05, 3.63) is 40.6 Å². The van der Waals surface area contributed by atoms with Gasteiger partial charge >= 0.3 is 0 Å². The molecule has 1 heterocycles. The van der Waals surface area contributed by atoms with Gasteiger partial charge in [-0.25, -0.2) is 4.98 Å². The predicted octanol–water partition coefficient (Wildman–Crippen LogP) is 4.75. The van der Waals surface area contributed by atoms with E-state index in [1.807, 2.05) is 10.8 Å². The van der Waals surface area contributed by atoms with E-state index in [9.17, 15) is 0 Å². The molecule has 0 saturated heterocycles. The zero-order chi connectivity index (χ0) is 15.6. The zero-order valence-electron chi connectivity index (χ0n) is 11.9. The average Bonchev–Trinajstić information content (AvgIpc) is 2.81. The summed E-state index contributed by atoms with van der Waals surface area (Å²) in [7, 11) is 0. The van der Waals surface area contributed by atoms with Gasteiger partial charge in [0.25, 0.3) is 0 Å². The van der Waals surface area contributed by atoms with Crippen molar-refractivity contribution in [1.29, 1.82) is 0 Å². The molecule has 1 aromatic heterocycles. The van der Waals surface area contributed by atoms with Gasteiger partial charge in [0, 0.05) is 23.6 Å². The number of benzene rings is 1. The molecule has 0 atom stereocenters. The van der Waals surface area contributed by atoms with Crippen LogP contribution >= 0.6 is 35.4 Å². The number of nitrogens with zero attached hydrogens (tertiary/aromatic N) is 2. The SMILES string of the molecule is CC(C)(C)n1ccnc1NC(=S)Nc1ccc(Cl)c(Cl)c1. The van der Waals surface area contributed by atoms with Crippen molar-refractivity contribution in [2.75, 3.05) is 10.6 Å². The van der Waals surface area contributed by atoms with Crippen LogP contribution in [0.4, 0.5) is 11.6 Å². The maximum Gasteiger partial charge on any atom is 0.209 e. The first-order valence-corrected chi connectivity index (χ1v) is 7.50. The Bertz CT molecular complexity index is 661. The van der Waals surface area contributed by atoms with Crippen molar-refractivity contribution in [3.63, 3.8) is 0 Å². The first kappa shape index (κ1) is 16.1. The molecule has 7 heteroatoms. The fourth-order valence-corrected chi connectivity index (χ4v) is 2.28. The minimum absolute atomic E-state index is 0.0853. The number of aromatic nitrogens is 2. The summed E-state index contributed by atoms with van der Waals surface area (Å²) in [6.07, 6.45) is 3.64. The summed E-state index contributed by atoms with van der Waals surface area (Å²) in [6.45, 7) is 6.28. The van der Waals surface area contributed by atoms with E-state index in [1.54, 1.807) is 24.4 Å². The van der Waals surface area contributed by atoms with Gasteiger partial charge in [0.1, 0.15) is 0 Å². The Labute approximate surface area is 139 Å². The molecule has 0 bridgehead atoms. The molecule has 2 rings (SSSR count). The summed E-state index contributed by atoms with van der Waals surface area (Å²) in [6, 6.07) is 5.23. The lowest BCUT2D eigenvalue weighted by Crippen LogP contribution is -2.27. The number of imidazole rings is 1. The number of thiocarbonyl (C=S) groups is 1. The van der Waals surface area contributed by atoms with Crippen molar-refractivity contribution >= 4 is 52.2 Å². The summed E-state index contributed by atoms with van der Waals surface area (Å²) in [5.41, 5.74) is 0.675. The van der Waals surface area contributed by atoms with Gasteiger partial charge in [0.2, 0.25) is 5.95 Å². The Hall–Kier alpha value is -1.30. The fraction of sp³-hybridized carbons (Fsp3) is 0.286. The van der Waals surface area contributed by atoms with Crippen molar-refractivity contribution in [2.45, 2.75) is 26.3 Å². The summed E-state index contributed by atoms with van der Waals surface area (Å²) in [4.78, 5) is 4.27. The van der Waals surface area contributed by atoms with E-state index in [-0.39, 0.29) is 5.54 Å². The van der Waals surface area contributed by atoms with Crippen LogP contribution in [0.15, 0.2) is 30.6 Å². The van der Waals surface area contributed by atoms with E-state index in [4.69, 9.17) is 35.4 Å². The number of hydrogen-bond acceptors (Lipinski definition) is 2. The first-order valence-electron chi connectivity index (χ1n) is 6.34. The van der Waals surface area contributed by atoms with E-state index in [0.29, 0.717) is 21.1 Å². The summed E-state index contributed by atoms with van der Waals surface area (Å²) in [5, 5.41) is 7.54. The van der Waals surface area contributed by atoms with Gasteiger partial charge in [-0.3, -0.25) is 0 Å². The second-order valence-electron chi connectivity index (χ2n) is 5.50. The zero-order valence-corrected chi connectivity index (χ0v) is 14.3. The Morgan fingerprint density at radius 3 is 2.52 bits per heavy atom. The maximum atomic E-state index is 5.97. The molecule has 21 heavy (non-hydrogen) atoms. The van der Waals surface area contributed by atoms with E-state index >= 15 is 0 Å². The maximum absolute atomic E-state index is 5.97. The number of halogens is 2. The van der Waals surface area contributed by atoms with E-state index < -0.39 is 0 Å². The summed E-state index contributed by atoms with van der Waals surface area (Å²) in [5.74, 6) is 0.681. The van der Waals surface area contributed by atoms with Crippen molar-refractivity contribution in [1.82, 2.24) is 9.55 Å². The standard InChI is InChI=1S/C14H16Cl2N4S/c1-14(2,3)20-7-6-17-12(20)19-13(21)18-9-4-5-10(15)11(16)8-9/h4-8H,1-3H3,(H2,17,18,19,21). The highest BCUT2D eigenvalue weighted by atomic mass is 35.5. The Morgan fingerprint density at radius 2 is 1.90 bits per heavy atom. The molecular formula is C14H16Cl2N4S. The molecule has 4 nitrogen and oxygen atoms in total. The minimum Gasteiger partial charge on any atom is -0.332 e. The molecule has 0 aliphatic carbocycles. The normalized spacial score (nSPS) is 11.3. The second-order valence-corrected chi connectivity index (χ2v) is 6.72. The highest BCUT2D eigenvalue weighted by Gasteiger charge is 2.17. The van der Waals surface area contributed by atoms with E-state index in [1.165, 1.54) is 0 Å². The monoisotopic (exact) mass is 342 g/mol. The molecule has 0 spiro atoms. The van der Waals surface area contributed by atoms with Crippen LogP contribution in [0.3, 0.4) is 0 Å². The van der Waals surface area contributed by atoms with Gasteiger partial charge in [0.05, 0.1) is 10.0 Å². The molecular weight excluding hydrogens is 327 g/mol. The fourth-order valence-electron chi connectivity index (χ4n) is 1.77. The molecule has 0 aliphatic rings. The van der Waals surface area contributed by atoms with Crippen LogP contribution in [0.2, 0.25) is 10.0 Å². The van der Waals surface area contributed by atoms with Gasteiger partial charge in [-0.15, -0.1) is 0 Å². The lowest BCUT2D eigenvalue weighted by Gasteiger charge is -2.23. The van der Waals surface area contributed by atoms with E-state index in [2.05, 4.69) is 36.4 Å². The first-order chi connectivity index (χ1) is 9.77. The predicted molar refractivity (Wildman–Crippen MR) is 93.5 cm³/mol. The molecule has 0 fully saturated rings. The van der Waals surface area contributed by atoms with Crippen LogP contribution < -0.4 is 10.6 Å². The van der Waals surface area contributed by atoms with Crippen molar-refractivity contribution in [3.8, 4) is 0 Å². The number of rotatable bonds is 2. The van der Waals surface area contributed by atoms with Gasteiger partial charge in [-0.2, -0.15) is 0 Å². The number of hydrogen-bond donors (Lipinski definition) is 2. The molecule has 0 aliphatic heterocycles. The third-order valence-corrected chi connectivity index (χ3v) is 3.71. The molecule has 1 aromatic carbocycles. The topological polar surface area (TPSA) is 41.9 Å². The molecule has 0 radical (unpaired) electrons. The molecule has 0 saturated carbocycles. The van der Waals surface area contributed by atoms with Crippen LogP contribution in [0.5, 0.6) is 0 Å². The summed E-state index contributed by atoms with van der Waals surface area (Å²) < 4.78 is 2.01. The Balaban J connectivity index is 2.09. The third kappa shape index (κ3) is 4.09. The second kappa shape index (κ2) is 6.22. The molecule has 2 N–H and O–H groups in total. The van der Waals surface area contributed by atoms with Crippen LogP contribution in [-0.2, 0) is 5.54 Å². The van der Waals surface area contributed by atoms with Crippen LogP contribution in [0.1, 0.15) is 20.8 Å². The smallest absolute Gasteiger partial charge is 0.209 e. The molecule has 0 unspecified atom stereocenters. The van der Waals surface area contributed by atoms with Gasteiger partial charge in [-0.1, -0.05) is 23.2 Å². The Morgan fingerprint density at radius 1 is 1.19 bits per heavy atom. The quantitative estimate of drug-likeness (QED) is 0.772. The highest BCUT2D eigenvalue weighted by Crippen LogP contribution is 2.25. The Kier molecular flexibility index (Phi) is 4.76. The number of anilines is 2. The third-order valence-electron chi connectivity index (χ3n) is 2.77. The van der Waals surface area contributed by atoms with E-state index in [0.717, 1.165) is 5.69 Å². The van der Waals surface area contributed by atoms with Crippen LogP contribution in [0.25, 0.3) is 0 Å². The van der Waals surface area contributed by atoms with Gasteiger partial charge in [0.15, 0.2) is 5.11 Å². The highest BCUT2D eigenvalue weighted by molar-refractivity contribution is 7.80. The average molecular weight is 343 g/mol. The lowest BCUT2D eigenvalue weighted by atomic mass is 10.1. The van der Waals surface area contributed by atoms with Crippen molar-refractivity contribution in [2.24, 2.45) is 0 Å². The molecule has 2 aromatic rings. The number of nitrogens with one attached hydrogen (secondary N) is 2. The molecule has 0 amide bonds. The lowest BCUT2D eigenvalue weighted by molar-refractivity contribution is 0.402. The summed E-state index contributed by atoms with van der Waals surface area (Å²) >= 11 is 17.1. The minimum atomic E-state index is -0.0853. The van der Waals surface area contributed by atoms with Gasteiger partial charge < -0.3 is 15.2 Å². The van der Waals surface area contributed by atoms with Crippen LogP contribution in [-0.4, -0.2) is 14.7 Å². The largest absolute Gasteiger partial charge is 0.332 e.